The fraction of sp³-hybridized carbons (Fsp3) is 0.571. The third-order valence-corrected chi connectivity index (χ3v) is 3.56. The molecule has 0 saturated carbocycles. The Morgan fingerprint density at radius 3 is 3.00 bits per heavy atom. The smallest absolute Gasteiger partial charge is 0.101 e. The van der Waals surface area contributed by atoms with Gasteiger partial charge in [0.15, 0.2) is 0 Å². The zero-order valence-corrected chi connectivity index (χ0v) is 10.9. The van der Waals surface area contributed by atoms with Crippen molar-refractivity contribution in [2.45, 2.75) is 19.8 Å². The molecule has 1 fully saturated rings. The molecule has 4 nitrogen and oxygen atoms in total. The minimum absolute atomic E-state index is 0.664. The molecular formula is C14H20N4. The molecule has 0 radical (unpaired) electrons. The van der Waals surface area contributed by atoms with Crippen LogP contribution in [0.25, 0.3) is 0 Å². The highest BCUT2D eigenvalue weighted by atomic mass is 15.1. The van der Waals surface area contributed by atoms with E-state index >= 15 is 0 Å². The van der Waals surface area contributed by atoms with Crippen molar-refractivity contribution in [3.63, 3.8) is 0 Å². The zero-order chi connectivity index (χ0) is 12.8. The summed E-state index contributed by atoms with van der Waals surface area (Å²) in [6.45, 7) is 6.62. The first-order valence-electron chi connectivity index (χ1n) is 6.60. The Balaban J connectivity index is 1.77. The van der Waals surface area contributed by atoms with Gasteiger partial charge in [-0.05, 0) is 37.9 Å². The molecule has 1 N–H and O–H groups in total. The quantitative estimate of drug-likeness (QED) is 0.881. The van der Waals surface area contributed by atoms with Gasteiger partial charge in [-0.1, -0.05) is 6.92 Å². The zero-order valence-electron chi connectivity index (χ0n) is 10.9. The number of pyridine rings is 1. The SMILES string of the molecule is CC1CCN(CCNc2cnccc2C#N)CC1. The summed E-state index contributed by atoms with van der Waals surface area (Å²) >= 11 is 0. The monoisotopic (exact) mass is 244 g/mol. The Hall–Kier alpha value is -1.60. The van der Waals surface area contributed by atoms with Gasteiger partial charge < -0.3 is 10.2 Å². The summed E-state index contributed by atoms with van der Waals surface area (Å²) in [6.07, 6.45) is 5.97. The number of aromatic nitrogens is 1. The van der Waals surface area contributed by atoms with E-state index in [2.05, 4.69) is 28.2 Å². The Kier molecular flexibility index (Phi) is 4.54. The van der Waals surface area contributed by atoms with Crippen LogP contribution in [-0.2, 0) is 0 Å². The summed E-state index contributed by atoms with van der Waals surface area (Å²) in [5, 5.41) is 12.3. The lowest BCUT2D eigenvalue weighted by atomic mass is 9.99. The molecule has 1 saturated heterocycles. The largest absolute Gasteiger partial charge is 0.381 e. The van der Waals surface area contributed by atoms with Gasteiger partial charge >= 0.3 is 0 Å². The summed E-state index contributed by atoms with van der Waals surface area (Å²) in [4.78, 5) is 6.52. The Morgan fingerprint density at radius 1 is 1.50 bits per heavy atom. The number of nitrogens with zero attached hydrogens (tertiary/aromatic N) is 3. The van der Waals surface area contributed by atoms with E-state index < -0.39 is 0 Å². The van der Waals surface area contributed by atoms with Crippen LogP contribution < -0.4 is 5.32 Å². The number of nitrogens with one attached hydrogen (secondary N) is 1. The predicted octanol–water partition coefficient (Wildman–Crippen LogP) is 2.10. The van der Waals surface area contributed by atoms with Crippen LogP contribution in [0.1, 0.15) is 25.3 Å². The molecule has 0 aliphatic carbocycles. The number of anilines is 1. The molecule has 2 rings (SSSR count). The lowest BCUT2D eigenvalue weighted by molar-refractivity contribution is 0.199. The van der Waals surface area contributed by atoms with Crippen molar-refractivity contribution in [2.24, 2.45) is 5.92 Å². The fourth-order valence-electron chi connectivity index (χ4n) is 2.27. The van der Waals surface area contributed by atoms with Crippen molar-refractivity contribution in [1.29, 1.82) is 5.26 Å². The van der Waals surface area contributed by atoms with Crippen molar-refractivity contribution in [1.82, 2.24) is 9.88 Å². The molecule has 2 heterocycles. The van der Waals surface area contributed by atoms with E-state index in [-0.39, 0.29) is 0 Å². The average molecular weight is 244 g/mol. The van der Waals surface area contributed by atoms with Gasteiger partial charge in [0.05, 0.1) is 17.4 Å². The third kappa shape index (κ3) is 3.44. The van der Waals surface area contributed by atoms with Gasteiger partial charge in [-0.25, -0.2) is 0 Å². The maximum Gasteiger partial charge on any atom is 0.101 e. The number of rotatable bonds is 4. The first-order chi connectivity index (χ1) is 8.79. The van der Waals surface area contributed by atoms with E-state index in [1.165, 1.54) is 25.9 Å². The van der Waals surface area contributed by atoms with Crippen molar-refractivity contribution in [2.75, 3.05) is 31.5 Å². The van der Waals surface area contributed by atoms with Gasteiger partial charge in [0.25, 0.3) is 0 Å². The molecule has 1 aliphatic rings. The minimum Gasteiger partial charge on any atom is -0.381 e. The van der Waals surface area contributed by atoms with Gasteiger partial charge in [0, 0.05) is 19.3 Å². The van der Waals surface area contributed by atoms with Crippen molar-refractivity contribution >= 4 is 5.69 Å². The topological polar surface area (TPSA) is 52.0 Å². The molecule has 0 atom stereocenters. The van der Waals surface area contributed by atoms with Crippen LogP contribution in [-0.4, -0.2) is 36.1 Å². The second-order valence-corrected chi connectivity index (χ2v) is 4.98. The molecule has 0 spiro atoms. The van der Waals surface area contributed by atoms with E-state index in [0.717, 1.165) is 24.7 Å². The number of piperidine rings is 1. The highest BCUT2D eigenvalue weighted by Crippen LogP contribution is 2.16. The van der Waals surface area contributed by atoms with Crippen LogP contribution in [0.15, 0.2) is 18.5 Å². The number of hydrogen-bond donors (Lipinski definition) is 1. The van der Waals surface area contributed by atoms with Crippen LogP contribution in [0.2, 0.25) is 0 Å². The minimum atomic E-state index is 0.664. The summed E-state index contributed by atoms with van der Waals surface area (Å²) in [5.74, 6) is 0.873. The normalized spacial score (nSPS) is 17.3. The Bertz CT molecular complexity index is 416. The number of nitriles is 1. The molecule has 4 heteroatoms. The summed E-state index contributed by atoms with van der Waals surface area (Å²) in [6, 6.07) is 3.91. The standard InChI is InChI=1S/C14H20N4/c1-12-3-7-18(8-4-12)9-6-17-14-11-16-5-2-13(14)10-15/h2,5,11-12,17H,3-4,6-9H2,1H3. The van der Waals surface area contributed by atoms with Gasteiger partial charge in [0.1, 0.15) is 6.07 Å². The molecule has 18 heavy (non-hydrogen) atoms. The molecule has 0 amide bonds. The third-order valence-electron chi connectivity index (χ3n) is 3.56. The molecule has 0 bridgehead atoms. The van der Waals surface area contributed by atoms with Crippen LogP contribution in [0.5, 0.6) is 0 Å². The summed E-state index contributed by atoms with van der Waals surface area (Å²) in [5.41, 5.74) is 1.50. The molecule has 0 unspecified atom stereocenters. The molecule has 1 aliphatic heterocycles. The van der Waals surface area contributed by atoms with Gasteiger partial charge in [-0.15, -0.1) is 0 Å². The van der Waals surface area contributed by atoms with Crippen molar-refractivity contribution in [3.8, 4) is 6.07 Å². The van der Waals surface area contributed by atoms with E-state index in [1.54, 1.807) is 18.5 Å². The highest BCUT2D eigenvalue weighted by Gasteiger charge is 2.14. The molecule has 0 aromatic carbocycles. The average Bonchev–Trinajstić information content (AvgIpc) is 2.41. The fourth-order valence-corrected chi connectivity index (χ4v) is 2.27. The van der Waals surface area contributed by atoms with E-state index in [9.17, 15) is 0 Å². The van der Waals surface area contributed by atoms with E-state index in [4.69, 9.17) is 5.26 Å². The van der Waals surface area contributed by atoms with Crippen molar-refractivity contribution < 1.29 is 0 Å². The first kappa shape index (κ1) is 12.8. The first-order valence-corrected chi connectivity index (χ1v) is 6.60. The van der Waals surface area contributed by atoms with Crippen LogP contribution in [0.4, 0.5) is 5.69 Å². The molecule has 1 aromatic heterocycles. The van der Waals surface area contributed by atoms with Gasteiger partial charge in [0.2, 0.25) is 0 Å². The maximum atomic E-state index is 8.97. The summed E-state index contributed by atoms with van der Waals surface area (Å²) in [7, 11) is 0. The lowest BCUT2D eigenvalue weighted by Gasteiger charge is -2.30. The Morgan fingerprint density at radius 2 is 2.28 bits per heavy atom. The molecular weight excluding hydrogens is 224 g/mol. The lowest BCUT2D eigenvalue weighted by Crippen LogP contribution is -2.36. The molecule has 1 aromatic rings. The maximum absolute atomic E-state index is 8.97. The van der Waals surface area contributed by atoms with E-state index in [0.29, 0.717) is 5.56 Å². The van der Waals surface area contributed by atoms with Gasteiger partial charge in [-0.3, -0.25) is 4.98 Å². The van der Waals surface area contributed by atoms with Crippen LogP contribution >= 0.6 is 0 Å². The number of likely N-dealkylation sites (tertiary alicyclic amines) is 1. The second-order valence-electron chi connectivity index (χ2n) is 4.98. The number of hydrogen-bond acceptors (Lipinski definition) is 4. The summed E-state index contributed by atoms with van der Waals surface area (Å²) < 4.78 is 0. The Labute approximate surface area is 109 Å². The van der Waals surface area contributed by atoms with Gasteiger partial charge in [-0.2, -0.15) is 5.26 Å². The van der Waals surface area contributed by atoms with E-state index in [1.807, 2.05) is 0 Å². The van der Waals surface area contributed by atoms with Crippen LogP contribution in [0.3, 0.4) is 0 Å². The highest BCUT2D eigenvalue weighted by molar-refractivity contribution is 5.55. The second kappa shape index (κ2) is 6.36. The van der Waals surface area contributed by atoms with Crippen molar-refractivity contribution in [3.05, 3.63) is 24.0 Å². The predicted molar refractivity (Wildman–Crippen MR) is 72.3 cm³/mol. The van der Waals surface area contributed by atoms with Crippen LogP contribution in [0, 0.1) is 17.2 Å². The molecule has 96 valence electrons.